The molecule has 134 valence electrons. The van der Waals surface area contributed by atoms with Gasteiger partial charge in [0.05, 0.1) is 22.2 Å². The fourth-order valence-corrected chi connectivity index (χ4v) is 3.17. The molecule has 2 aromatic rings. The van der Waals surface area contributed by atoms with Gasteiger partial charge in [0.1, 0.15) is 0 Å². The Morgan fingerprint density at radius 2 is 1.92 bits per heavy atom. The predicted octanol–water partition coefficient (Wildman–Crippen LogP) is 3.68. The van der Waals surface area contributed by atoms with Crippen molar-refractivity contribution in [2.24, 2.45) is 5.92 Å². The zero-order valence-electron chi connectivity index (χ0n) is 13.4. The Kier molecular flexibility index (Phi) is 5.15. The molecule has 0 spiro atoms. The van der Waals surface area contributed by atoms with Crippen molar-refractivity contribution in [3.8, 4) is 0 Å². The molecule has 1 fully saturated rings. The number of carbonyl (C=O) groups excluding carboxylic acids is 2. The van der Waals surface area contributed by atoms with E-state index in [1.165, 1.54) is 23.1 Å². The van der Waals surface area contributed by atoms with Gasteiger partial charge in [-0.05, 0) is 36.4 Å². The molecule has 0 radical (unpaired) electrons. The summed E-state index contributed by atoms with van der Waals surface area (Å²) >= 11 is 12.1. The Balaban J connectivity index is 1.74. The number of carboxylic acid groups (broad SMARTS) is 1. The van der Waals surface area contributed by atoms with Gasteiger partial charge < -0.3 is 15.3 Å². The first-order chi connectivity index (χ1) is 12.3. The van der Waals surface area contributed by atoms with Crippen molar-refractivity contribution in [1.82, 2.24) is 0 Å². The first-order valence-electron chi connectivity index (χ1n) is 7.75. The van der Waals surface area contributed by atoms with Crippen LogP contribution in [0.4, 0.5) is 11.4 Å². The number of halogens is 2. The van der Waals surface area contributed by atoms with Crippen LogP contribution in [0, 0.1) is 5.92 Å². The smallest absolute Gasteiger partial charge is 0.335 e. The van der Waals surface area contributed by atoms with E-state index < -0.39 is 11.9 Å². The van der Waals surface area contributed by atoms with Crippen LogP contribution >= 0.6 is 23.2 Å². The van der Waals surface area contributed by atoms with Crippen molar-refractivity contribution in [3.05, 3.63) is 58.1 Å². The van der Waals surface area contributed by atoms with Crippen LogP contribution < -0.4 is 10.2 Å². The number of hydrogen-bond donors (Lipinski definition) is 2. The Labute approximate surface area is 159 Å². The Morgan fingerprint density at radius 1 is 1.15 bits per heavy atom. The molecule has 0 aliphatic carbocycles. The van der Waals surface area contributed by atoms with Gasteiger partial charge in [0.25, 0.3) is 0 Å². The fourth-order valence-electron chi connectivity index (χ4n) is 2.78. The quantitative estimate of drug-likeness (QED) is 0.830. The Hall–Kier alpha value is -2.57. The number of rotatable bonds is 4. The van der Waals surface area contributed by atoms with Crippen LogP contribution in [0.25, 0.3) is 0 Å². The topological polar surface area (TPSA) is 86.7 Å². The molecule has 0 unspecified atom stereocenters. The number of amides is 2. The molecular formula is C18H14Cl2N2O4. The lowest BCUT2D eigenvalue weighted by Gasteiger charge is -2.18. The molecular weight excluding hydrogens is 379 g/mol. The molecule has 3 rings (SSSR count). The highest BCUT2D eigenvalue weighted by molar-refractivity contribution is 6.36. The molecule has 0 saturated carbocycles. The van der Waals surface area contributed by atoms with Crippen LogP contribution in [0.15, 0.2) is 42.5 Å². The first-order valence-corrected chi connectivity index (χ1v) is 8.50. The zero-order chi connectivity index (χ0) is 18.8. The Morgan fingerprint density at radius 3 is 2.65 bits per heavy atom. The second kappa shape index (κ2) is 7.35. The van der Waals surface area contributed by atoms with Gasteiger partial charge in [0.15, 0.2) is 0 Å². The summed E-state index contributed by atoms with van der Waals surface area (Å²) in [7, 11) is 0. The molecule has 1 atom stereocenters. The van der Waals surface area contributed by atoms with Gasteiger partial charge in [-0.1, -0.05) is 29.3 Å². The number of nitrogens with one attached hydrogen (secondary N) is 1. The van der Waals surface area contributed by atoms with Crippen LogP contribution in [0.5, 0.6) is 0 Å². The van der Waals surface area contributed by atoms with E-state index in [2.05, 4.69) is 5.32 Å². The van der Waals surface area contributed by atoms with E-state index in [9.17, 15) is 14.4 Å². The van der Waals surface area contributed by atoms with Crippen LogP contribution in [0.2, 0.25) is 10.0 Å². The highest BCUT2D eigenvalue weighted by Gasteiger charge is 2.36. The first kappa shape index (κ1) is 18.2. The van der Waals surface area contributed by atoms with E-state index in [-0.39, 0.29) is 30.3 Å². The van der Waals surface area contributed by atoms with Crippen LogP contribution in [-0.4, -0.2) is 29.4 Å². The van der Waals surface area contributed by atoms with Crippen molar-refractivity contribution >= 4 is 52.4 Å². The molecule has 2 aromatic carbocycles. The van der Waals surface area contributed by atoms with Gasteiger partial charge in [-0.25, -0.2) is 4.79 Å². The van der Waals surface area contributed by atoms with Crippen LogP contribution in [0.3, 0.4) is 0 Å². The van der Waals surface area contributed by atoms with E-state index in [1.807, 2.05) is 0 Å². The van der Waals surface area contributed by atoms with E-state index in [0.717, 1.165) is 0 Å². The molecule has 1 aliphatic heterocycles. The summed E-state index contributed by atoms with van der Waals surface area (Å²) in [5.41, 5.74) is 0.895. The average molecular weight is 393 g/mol. The SMILES string of the molecule is O=C(O)c1cccc(NC(=O)[C@@H]2CC(=O)N(c3cc(Cl)ccc3Cl)C2)c1. The number of hydrogen-bond acceptors (Lipinski definition) is 3. The summed E-state index contributed by atoms with van der Waals surface area (Å²) in [6.45, 7) is 0.170. The van der Waals surface area contributed by atoms with Gasteiger partial charge >= 0.3 is 5.97 Å². The summed E-state index contributed by atoms with van der Waals surface area (Å²) in [6.07, 6.45) is 0.0350. The number of carboxylic acids is 1. The maximum atomic E-state index is 12.5. The molecule has 2 amide bonds. The number of benzene rings is 2. The molecule has 1 aliphatic rings. The highest BCUT2D eigenvalue weighted by atomic mass is 35.5. The number of aromatic carboxylic acids is 1. The zero-order valence-corrected chi connectivity index (χ0v) is 14.9. The third-order valence-corrected chi connectivity index (χ3v) is 4.63. The van der Waals surface area contributed by atoms with Crippen molar-refractivity contribution in [2.75, 3.05) is 16.8 Å². The highest BCUT2D eigenvalue weighted by Crippen LogP contribution is 2.33. The van der Waals surface area contributed by atoms with E-state index in [1.54, 1.807) is 24.3 Å². The summed E-state index contributed by atoms with van der Waals surface area (Å²) in [6, 6.07) is 10.7. The number of nitrogens with zero attached hydrogens (tertiary/aromatic N) is 1. The number of anilines is 2. The van der Waals surface area contributed by atoms with Crippen molar-refractivity contribution in [2.45, 2.75) is 6.42 Å². The minimum atomic E-state index is -1.08. The molecule has 0 aromatic heterocycles. The van der Waals surface area contributed by atoms with Crippen molar-refractivity contribution in [3.63, 3.8) is 0 Å². The van der Waals surface area contributed by atoms with Gasteiger partial charge in [-0.15, -0.1) is 0 Å². The lowest BCUT2D eigenvalue weighted by atomic mass is 10.1. The third-order valence-electron chi connectivity index (χ3n) is 4.07. The monoisotopic (exact) mass is 392 g/mol. The molecule has 6 nitrogen and oxygen atoms in total. The normalized spacial score (nSPS) is 16.6. The standard InChI is InChI=1S/C18H14Cl2N2O4/c19-12-4-5-14(20)15(8-12)22-9-11(7-16(22)23)17(24)21-13-3-1-2-10(6-13)18(25)26/h1-6,8,11H,7,9H2,(H,21,24)(H,25,26)/t11-/m1/s1. The van der Waals surface area contributed by atoms with Gasteiger partial charge in [0.2, 0.25) is 11.8 Å². The lowest BCUT2D eigenvalue weighted by molar-refractivity contribution is -0.122. The van der Waals surface area contributed by atoms with E-state index in [4.69, 9.17) is 28.3 Å². The summed E-state index contributed by atoms with van der Waals surface area (Å²) in [4.78, 5) is 37.2. The summed E-state index contributed by atoms with van der Waals surface area (Å²) in [5.74, 6) is -2.25. The average Bonchev–Trinajstić information content (AvgIpc) is 2.99. The Bertz CT molecular complexity index is 901. The molecule has 2 N–H and O–H groups in total. The maximum Gasteiger partial charge on any atom is 0.335 e. The number of carbonyl (C=O) groups is 3. The minimum absolute atomic E-state index is 0.0350. The molecule has 1 heterocycles. The van der Waals surface area contributed by atoms with E-state index >= 15 is 0 Å². The summed E-state index contributed by atoms with van der Waals surface area (Å²) in [5, 5.41) is 12.5. The third kappa shape index (κ3) is 3.81. The van der Waals surface area contributed by atoms with Crippen LogP contribution in [0.1, 0.15) is 16.8 Å². The maximum absolute atomic E-state index is 12.5. The molecule has 0 bridgehead atoms. The minimum Gasteiger partial charge on any atom is -0.478 e. The molecule has 26 heavy (non-hydrogen) atoms. The fraction of sp³-hybridized carbons (Fsp3) is 0.167. The summed E-state index contributed by atoms with van der Waals surface area (Å²) < 4.78 is 0. The van der Waals surface area contributed by atoms with Crippen molar-refractivity contribution in [1.29, 1.82) is 0 Å². The van der Waals surface area contributed by atoms with Gasteiger partial charge in [-0.3, -0.25) is 9.59 Å². The predicted molar refractivity (Wildman–Crippen MR) is 99.0 cm³/mol. The second-order valence-corrected chi connectivity index (χ2v) is 6.72. The second-order valence-electron chi connectivity index (χ2n) is 5.88. The van der Waals surface area contributed by atoms with Gasteiger partial charge in [-0.2, -0.15) is 0 Å². The molecule has 8 heteroatoms. The van der Waals surface area contributed by atoms with E-state index in [0.29, 0.717) is 21.4 Å². The van der Waals surface area contributed by atoms with Crippen LogP contribution in [-0.2, 0) is 9.59 Å². The largest absolute Gasteiger partial charge is 0.478 e. The molecule has 1 saturated heterocycles. The van der Waals surface area contributed by atoms with Gasteiger partial charge in [0, 0.05) is 23.7 Å². The van der Waals surface area contributed by atoms with Crippen molar-refractivity contribution < 1.29 is 19.5 Å². The lowest BCUT2D eigenvalue weighted by Crippen LogP contribution is -2.28.